The first-order chi connectivity index (χ1) is 13.0. The summed E-state index contributed by atoms with van der Waals surface area (Å²) in [5.74, 6) is 0.396. The zero-order valence-electron chi connectivity index (χ0n) is 17.3. The number of hydrogen-bond acceptors (Lipinski definition) is 5. The molecular formula is C20H30BrClN3O3-. The number of likely N-dealkylation sites (N-methyl/N-ethyl adjacent to an activating group) is 1. The molecule has 0 atom stereocenters. The van der Waals surface area contributed by atoms with Gasteiger partial charge in [-0.1, -0.05) is 13.8 Å². The molecule has 0 aliphatic rings. The van der Waals surface area contributed by atoms with Crippen LogP contribution in [0.2, 0.25) is 0 Å². The molecule has 2 aromatic rings. The minimum absolute atomic E-state index is 0. The van der Waals surface area contributed by atoms with Crippen LogP contribution in [0.3, 0.4) is 0 Å². The van der Waals surface area contributed by atoms with Gasteiger partial charge in [0.1, 0.15) is 5.75 Å². The standard InChI is InChI=1S/C20H30BrN3O3.ClH/c1-6-24(7-2)10-9-22-13-17-19(20(25)27-8-3)14-11-18(26-5)15(21)12-16(14)23(17)4;/h11-12,22H,6-10,13H2,1-5H3;1H/p-1. The van der Waals surface area contributed by atoms with Crippen molar-refractivity contribution in [2.75, 3.05) is 39.9 Å². The predicted octanol–water partition coefficient (Wildman–Crippen LogP) is 0.562. The van der Waals surface area contributed by atoms with Gasteiger partial charge in [0.05, 0.1) is 29.3 Å². The van der Waals surface area contributed by atoms with Gasteiger partial charge in [0.25, 0.3) is 0 Å². The maximum absolute atomic E-state index is 12.7. The summed E-state index contributed by atoms with van der Waals surface area (Å²) >= 11 is 3.53. The number of aryl methyl sites for hydroxylation is 1. The Labute approximate surface area is 182 Å². The fraction of sp³-hybridized carbons (Fsp3) is 0.550. The molecule has 0 saturated carbocycles. The van der Waals surface area contributed by atoms with E-state index in [1.54, 1.807) is 7.11 Å². The number of ether oxygens (including phenoxy) is 2. The number of hydrogen-bond donors (Lipinski definition) is 1. The average Bonchev–Trinajstić information content (AvgIpc) is 2.93. The van der Waals surface area contributed by atoms with Crippen LogP contribution in [0, 0.1) is 0 Å². The molecule has 6 nitrogen and oxygen atoms in total. The first-order valence-corrected chi connectivity index (χ1v) is 10.2. The predicted molar refractivity (Wildman–Crippen MR) is 113 cm³/mol. The molecule has 0 aliphatic heterocycles. The Bertz CT molecular complexity index is 791. The number of methoxy groups -OCH3 is 1. The third-order valence-electron chi connectivity index (χ3n) is 4.87. The molecular weight excluding hydrogens is 446 g/mol. The van der Waals surface area contributed by atoms with Crippen LogP contribution < -0.4 is 22.5 Å². The lowest BCUT2D eigenvalue weighted by Crippen LogP contribution is -3.00. The Morgan fingerprint density at radius 1 is 1.25 bits per heavy atom. The van der Waals surface area contributed by atoms with Crippen molar-refractivity contribution < 1.29 is 26.7 Å². The van der Waals surface area contributed by atoms with E-state index >= 15 is 0 Å². The molecule has 1 aromatic carbocycles. The van der Waals surface area contributed by atoms with Crippen LogP contribution in [0.5, 0.6) is 5.75 Å². The second-order valence-electron chi connectivity index (χ2n) is 6.31. The zero-order chi connectivity index (χ0) is 20.0. The van der Waals surface area contributed by atoms with Gasteiger partial charge in [-0.15, -0.1) is 0 Å². The van der Waals surface area contributed by atoms with Crippen molar-refractivity contribution >= 4 is 32.8 Å². The summed E-state index contributed by atoms with van der Waals surface area (Å²) in [6.45, 7) is 11.0. The summed E-state index contributed by atoms with van der Waals surface area (Å²) in [4.78, 5) is 15.1. The van der Waals surface area contributed by atoms with Crippen molar-refractivity contribution in [2.45, 2.75) is 27.3 Å². The summed E-state index contributed by atoms with van der Waals surface area (Å²) in [6, 6.07) is 3.88. The highest BCUT2D eigenvalue weighted by Gasteiger charge is 2.23. The van der Waals surface area contributed by atoms with Crippen LogP contribution in [0.4, 0.5) is 0 Å². The molecule has 8 heteroatoms. The van der Waals surface area contributed by atoms with Crippen LogP contribution in [-0.4, -0.2) is 55.3 Å². The summed E-state index contributed by atoms with van der Waals surface area (Å²) < 4.78 is 13.7. The van der Waals surface area contributed by atoms with Crippen LogP contribution in [0.25, 0.3) is 10.9 Å². The maximum atomic E-state index is 12.7. The van der Waals surface area contributed by atoms with Gasteiger partial charge in [-0.25, -0.2) is 4.79 Å². The number of nitrogens with zero attached hydrogens (tertiary/aromatic N) is 2. The number of carbonyl (C=O) groups excluding carboxylic acids is 1. The number of fused-ring (bicyclic) bond motifs is 1. The Kier molecular flexibility index (Phi) is 10.3. The Morgan fingerprint density at radius 2 is 1.93 bits per heavy atom. The van der Waals surface area contributed by atoms with Crippen LogP contribution in [-0.2, 0) is 18.3 Å². The average molecular weight is 476 g/mol. The van der Waals surface area contributed by atoms with E-state index in [0.717, 1.165) is 47.2 Å². The fourth-order valence-electron chi connectivity index (χ4n) is 3.27. The van der Waals surface area contributed by atoms with Crippen LogP contribution in [0.1, 0.15) is 36.8 Å². The quantitative estimate of drug-likeness (QED) is 0.402. The van der Waals surface area contributed by atoms with E-state index in [4.69, 9.17) is 9.47 Å². The number of esters is 1. The smallest absolute Gasteiger partial charge is 0.340 e. The molecule has 28 heavy (non-hydrogen) atoms. The Morgan fingerprint density at radius 3 is 2.50 bits per heavy atom. The Balaban J connectivity index is 0.00000392. The van der Waals surface area contributed by atoms with E-state index < -0.39 is 0 Å². The van der Waals surface area contributed by atoms with Crippen molar-refractivity contribution in [1.29, 1.82) is 0 Å². The minimum Gasteiger partial charge on any atom is -1.00 e. The van der Waals surface area contributed by atoms with Gasteiger partial charge in [0.2, 0.25) is 0 Å². The summed E-state index contributed by atoms with van der Waals surface area (Å²) in [5.41, 5.74) is 2.49. The molecule has 0 unspecified atom stereocenters. The second kappa shape index (κ2) is 11.7. The molecule has 1 N–H and O–H groups in total. The molecule has 0 fully saturated rings. The summed E-state index contributed by atoms with van der Waals surface area (Å²) in [6.07, 6.45) is 0. The third-order valence-corrected chi connectivity index (χ3v) is 5.49. The molecule has 0 bridgehead atoms. The lowest BCUT2D eigenvalue weighted by atomic mass is 10.1. The molecule has 158 valence electrons. The number of aromatic nitrogens is 1. The molecule has 2 rings (SSSR count). The van der Waals surface area contributed by atoms with Crippen molar-refractivity contribution in [3.8, 4) is 5.75 Å². The van der Waals surface area contributed by atoms with Gasteiger partial charge < -0.3 is 36.7 Å². The number of benzene rings is 1. The zero-order valence-corrected chi connectivity index (χ0v) is 19.6. The topological polar surface area (TPSA) is 55.7 Å². The van der Waals surface area contributed by atoms with Gasteiger partial charge in [0, 0.05) is 37.8 Å². The largest absolute Gasteiger partial charge is 1.00 e. The normalized spacial score (nSPS) is 11.0. The van der Waals surface area contributed by atoms with Crippen LogP contribution >= 0.6 is 15.9 Å². The number of halogens is 2. The number of carbonyl (C=O) groups is 1. The van der Waals surface area contributed by atoms with Crippen molar-refractivity contribution in [1.82, 2.24) is 14.8 Å². The van der Waals surface area contributed by atoms with Crippen molar-refractivity contribution in [3.63, 3.8) is 0 Å². The Hall–Kier alpha value is -1.28. The monoisotopic (exact) mass is 474 g/mol. The summed E-state index contributed by atoms with van der Waals surface area (Å²) in [5, 5.41) is 4.31. The molecule has 1 aromatic heterocycles. The van der Waals surface area contributed by atoms with E-state index in [1.807, 2.05) is 26.1 Å². The molecule has 0 aliphatic carbocycles. The fourth-order valence-corrected chi connectivity index (χ4v) is 3.76. The van der Waals surface area contributed by atoms with E-state index in [1.165, 1.54) is 0 Å². The van der Waals surface area contributed by atoms with Gasteiger partial charge in [-0.3, -0.25) is 0 Å². The first kappa shape index (κ1) is 24.8. The van der Waals surface area contributed by atoms with E-state index in [2.05, 4.69) is 44.6 Å². The van der Waals surface area contributed by atoms with E-state index in [0.29, 0.717) is 24.5 Å². The van der Waals surface area contributed by atoms with Crippen molar-refractivity contribution in [2.24, 2.45) is 7.05 Å². The number of rotatable bonds is 10. The van der Waals surface area contributed by atoms with Crippen molar-refractivity contribution in [3.05, 3.63) is 27.9 Å². The SMILES string of the molecule is CCOC(=O)c1c(CNCCN(CC)CC)n(C)c2cc(Br)c(OC)cc12.[Cl-]. The van der Waals surface area contributed by atoms with Gasteiger partial charge in [-0.2, -0.15) is 0 Å². The highest BCUT2D eigenvalue weighted by atomic mass is 79.9. The first-order valence-electron chi connectivity index (χ1n) is 9.43. The second-order valence-corrected chi connectivity index (χ2v) is 7.16. The molecule has 0 saturated heterocycles. The van der Waals surface area contributed by atoms with Crippen LogP contribution in [0.15, 0.2) is 16.6 Å². The van der Waals surface area contributed by atoms with E-state index in [9.17, 15) is 4.79 Å². The number of nitrogens with one attached hydrogen (secondary N) is 1. The third kappa shape index (κ3) is 5.41. The van der Waals surface area contributed by atoms with E-state index in [-0.39, 0.29) is 18.4 Å². The van der Waals surface area contributed by atoms with Gasteiger partial charge in [0.15, 0.2) is 0 Å². The molecule has 1 heterocycles. The molecule has 0 amide bonds. The van der Waals surface area contributed by atoms with Gasteiger partial charge in [-0.05, 0) is 48.1 Å². The van der Waals surface area contributed by atoms with Gasteiger partial charge >= 0.3 is 5.97 Å². The minimum atomic E-state index is -0.298. The summed E-state index contributed by atoms with van der Waals surface area (Å²) in [7, 11) is 3.60. The molecule has 0 spiro atoms. The highest BCUT2D eigenvalue weighted by Crippen LogP contribution is 2.35. The lowest BCUT2D eigenvalue weighted by Gasteiger charge is -2.18. The molecule has 0 radical (unpaired) electrons. The highest BCUT2D eigenvalue weighted by molar-refractivity contribution is 9.10. The lowest BCUT2D eigenvalue weighted by molar-refractivity contribution is -0.0000243. The maximum Gasteiger partial charge on any atom is 0.340 e.